The van der Waals surface area contributed by atoms with Crippen molar-refractivity contribution < 1.29 is 0 Å². The van der Waals surface area contributed by atoms with E-state index in [-0.39, 0.29) is 22.9 Å². The molecule has 1 aliphatic rings. The third kappa shape index (κ3) is 2.84. The highest BCUT2D eigenvalue weighted by Gasteiger charge is 2.25. The number of aromatic nitrogens is 2. The zero-order chi connectivity index (χ0) is 14.9. The van der Waals surface area contributed by atoms with Gasteiger partial charge < -0.3 is 15.2 Å². The van der Waals surface area contributed by atoms with Crippen molar-refractivity contribution >= 4 is 11.7 Å². The van der Waals surface area contributed by atoms with Crippen LogP contribution in [0.4, 0.5) is 5.82 Å². The van der Waals surface area contributed by atoms with Crippen molar-refractivity contribution in [2.45, 2.75) is 39.2 Å². The fourth-order valence-corrected chi connectivity index (χ4v) is 2.55. The first-order valence-corrected chi connectivity index (χ1v) is 6.97. The first kappa shape index (κ1) is 14.6. The molecule has 6 heteroatoms. The fourth-order valence-electron chi connectivity index (χ4n) is 2.55. The van der Waals surface area contributed by atoms with Gasteiger partial charge in [0.25, 0.3) is 5.56 Å². The van der Waals surface area contributed by atoms with Crippen LogP contribution in [0.2, 0.25) is 0 Å². The Morgan fingerprint density at radius 1 is 1.40 bits per heavy atom. The van der Waals surface area contributed by atoms with Gasteiger partial charge in [-0.15, -0.1) is 0 Å². The summed E-state index contributed by atoms with van der Waals surface area (Å²) in [5.41, 5.74) is 5.23. The van der Waals surface area contributed by atoms with Gasteiger partial charge in [-0.1, -0.05) is 0 Å². The van der Waals surface area contributed by atoms with E-state index in [1.54, 1.807) is 17.0 Å². The van der Waals surface area contributed by atoms with Crippen LogP contribution in [0.1, 0.15) is 33.6 Å². The predicted molar refractivity (Wildman–Crippen MR) is 80.3 cm³/mol. The van der Waals surface area contributed by atoms with Crippen LogP contribution in [0, 0.1) is 11.3 Å². The van der Waals surface area contributed by atoms with E-state index in [9.17, 15) is 4.79 Å². The number of nitrogens with two attached hydrogens (primary N) is 1. The minimum Gasteiger partial charge on any atom is -0.387 e. The van der Waals surface area contributed by atoms with Crippen molar-refractivity contribution in [1.29, 1.82) is 5.41 Å². The van der Waals surface area contributed by atoms with Gasteiger partial charge in [0.1, 0.15) is 0 Å². The van der Waals surface area contributed by atoms with Crippen LogP contribution in [0.15, 0.2) is 17.2 Å². The molecule has 2 rings (SSSR count). The summed E-state index contributed by atoms with van der Waals surface area (Å²) in [6.07, 6.45) is 5.02. The number of rotatable bonds is 2. The van der Waals surface area contributed by atoms with Gasteiger partial charge in [-0.25, -0.2) is 4.98 Å². The summed E-state index contributed by atoms with van der Waals surface area (Å²) >= 11 is 0. The van der Waals surface area contributed by atoms with Crippen molar-refractivity contribution in [2.75, 3.05) is 18.0 Å². The first-order chi connectivity index (χ1) is 9.30. The average molecular weight is 277 g/mol. The van der Waals surface area contributed by atoms with E-state index in [4.69, 9.17) is 11.1 Å². The maximum atomic E-state index is 12.5. The van der Waals surface area contributed by atoms with E-state index < -0.39 is 0 Å². The molecule has 1 aromatic rings. The molecule has 1 fully saturated rings. The van der Waals surface area contributed by atoms with Crippen LogP contribution in [0.3, 0.4) is 0 Å². The van der Waals surface area contributed by atoms with Crippen molar-refractivity contribution in [3.63, 3.8) is 0 Å². The number of hydrogen-bond acceptors (Lipinski definition) is 4. The summed E-state index contributed by atoms with van der Waals surface area (Å²) in [6, 6.07) is 0. The van der Waals surface area contributed by atoms with Crippen LogP contribution in [-0.2, 0) is 5.54 Å². The molecule has 110 valence electrons. The molecule has 1 aromatic heterocycles. The molecule has 0 radical (unpaired) electrons. The Balaban J connectivity index is 2.23. The van der Waals surface area contributed by atoms with Crippen LogP contribution < -0.4 is 16.2 Å². The van der Waals surface area contributed by atoms with Crippen LogP contribution in [0.5, 0.6) is 0 Å². The second kappa shape index (κ2) is 5.26. The Morgan fingerprint density at radius 2 is 2.00 bits per heavy atom. The molecule has 0 unspecified atom stereocenters. The predicted octanol–water partition coefficient (Wildman–Crippen LogP) is 1.15. The third-order valence-corrected chi connectivity index (χ3v) is 3.78. The van der Waals surface area contributed by atoms with Gasteiger partial charge >= 0.3 is 0 Å². The van der Waals surface area contributed by atoms with E-state index in [1.807, 2.05) is 25.7 Å². The number of anilines is 1. The number of amidine groups is 1. The third-order valence-electron chi connectivity index (χ3n) is 3.78. The molecule has 20 heavy (non-hydrogen) atoms. The Morgan fingerprint density at radius 3 is 2.50 bits per heavy atom. The molecular formula is C14H23N5O. The summed E-state index contributed by atoms with van der Waals surface area (Å²) in [5, 5.41) is 7.50. The van der Waals surface area contributed by atoms with E-state index in [2.05, 4.69) is 4.98 Å². The largest absolute Gasteiger partial charge is 0.387 e. The molecule has 0 atom stereocenters. The van der Waals surface area contributed by atoms with Crippen molar-refractivity contribution in [3.05, 3.63) is 22.7 Å². The lowest BCUT2D eigenvalue weighted by atomic mass is 9.96. The molecule has 0 aliphatic carbocycles. The second-order valence-corrected chi connectivity index (χ2v) is 6.31. The SMILES string of the molecule is CC(C)(C)n1ccnc(N2CCC(C(=N)N)CC2)c1=O. The Kier molecular flexibility index (Phi) is 3.83. The molecule has 0 bridgehead atoms. The van der Waals surface area contributed by atoms with Gasteiger partial charge in [0.05, 0.1) is 5.84 Å². The van der Waals surface area contributed by atoms with Crippen molar-refractivity contribution in [1.82, 2.24) is 9.55 Å². The minimum atomic E-state index is -0.257. The molecule has 0 saturated carbocycles. The van der Waals surface area contributed by atoms with Gasteiger partial charge in [0.2, 0.25) is 0 Å². The standard InChI is InChI=1S/C14H23N5O/c1-14(2,3)19-9-6-17-12(13(19)20)18-7-4-10(5-8-18)11(15)16/h6,9-10H,4-5,7-8H2,1-3H3,(H3,15,16). The first-order valence-electron chi connectivity index (χ1n) is 6.97. The molecule has 0 aromatic carbocycles. The molecule has 2 heterocycles. The maximum absolute atomic E-state index is 12.5. The van der Waals surface area contributed by atoms with Gasteiger partial charge in [-0.05, 0) is 33.6 Å². The number of nitrogens with one attached hydrogen (secondary N) is 1. The number of piperidine rings is 1. The Labute approximate surface area is 119 Å². The molecular weight excluding hydrogens is 254 g/mol. The monoisotopic (exact) mass is 277 g/mol. The zero-order valence-electron chi connectivity index (χ0n) is 12.4. The second-order valence-electron chi connectivity index (χ2n) is 6.31. The van der Waals surface area contributed by atoms with Crippen molar-refractivity contribution in [3.8, 4) is 0 Å². The van der Waals surface area contributed by atoms with E-state index >= 15 is 0 Å². The molecule has 3 N–H and O–H groups in total. The zero-order valence-corrected chi connectivity index (χ0v) is 12.4. The topological polar surface area (TPSA) is 88.0 Å². The smallest absolute Gasteiger partial charge is 0.293 e. The van der Waals surface area contributed by atoms with E-state index in [0.717, 1.165) is 25.9 Å². The maximum Gasteiger partial charge on any atom is 0.293 e. The van der Waals surface area contributed by atoms with E-state index in [0.29, 0.717) is 5.82 Å². The summed E-state index contributed by atoms with van der Waals surface area (Å²) in [7, 11) is 0. The summed E-state index contributed by atoms with van der Waals surface area (Å²) in [6.45, 7) is 7.45. The Bertz CT molecular complexity index is 549. The van der Waals surface area contributed by atoms with Crippen LogP contribution in [-0.4, -0.2) is 28.5 Å². The van der Waals surface area contributed by atoms with Gasteiger partial charge in [-0.2, -0.15) is 0 Å². The lowest BCUT2D eigenvalue weighted by Crippen LogP contribution is -2.43. The summed E-state index contributed by atoms with van der Waals surface area (Å²) in [4.78, 5) is 18.8. The highest BCUT2D eigenvalue weighted by molar-refractivity contribution is 5.79. The molecule has 0 spiro atoms. The molecule has 1 aliphatic heterocycles. The van der Waals surface area contributed by atoms with Crippen LogP contribution >= 0.6 is 0 Å². The fraction of sp³-hybridized carbons (Fsp3) is 0.643. The van der Waals surface area contributed by atoms with Gasteiger partial charge in [0, 0.05) is 36.9 Å². The normalized spacial score (nSPS) is 17.2. The summed E-state index contributed by atoms with van der Waals surface area (Å²) in [5.74, 6) is 0.891. The highest BCUT2D eigenvalue weighted by atomic mass is 16.1. The lowest BCUT2D eigenvalue weighted by molar-refractivity contribution is 0.381. The number of hydrogen-bond donors (Lipinski definition) is 2. The molecule has 1 saturated heterocycles. The highest BCUT2D eigenvalue weighted by Crippen LogP contribution is 2.20. The lowest BCUT2D eigenvalue weighted by Gasteiger charge is -2.32. The quantitative estimate of drug-likeness (QED) is 0.627. The minimum absolute atomic E-state index is 0.0544. The Hall–Kier alpha value is -1.85. The van der Waals surface area contributed by atoms with Gasteiger partial charge in [0.15, 0.2) is 5.82 Å². The molecule has 0 amide bonds. The average Bonchev–Trinajstić information content (AvgIpc) is 2.37. The van der Waals surface area contributed by atoms with Crippen molar-refractivity contribution in [2.24, 2.45) is 11.7 Å². The number of nitrogens with zero attached hydrogens (tertiary/aromatic N) is 3. The van der Waals surface area contributed by atoms with Gasteiger partial charge in [-0.3, -0.25) is 10.2 Å². The van der Waals surface area contributed by atoms with E-state index in [1.165, 1.54) is 0 Å². The molecule has 6 nitrogen and oxygen atoms in total. The summed E-state index contributed by atoms with van der Waals surface area (Å²) < 4.78 is 1.71. The van der Waals surface area contributed by atoms with Crippen LogP contribution in [0.25, 0.3) is 0 Å².